The molecule has 0 bridgehead atoms. The van der Waals surface area contributed by atoms with Crippen LogP contribution in [0.3, 0.4) is 0 Å². The molecule has 0 aromatic rings. The SMILES string of the molecule is C[Si](C)(C)O[SiH]1O[SiH2]O[SiH2]O[SiH2]O[Si](O[Si](C)(C)C)(O[Si](C)(C)C)O1. The van der Waals surface area contributed by atoms with Crippen molar-refractivity contribution in [3.8, 4) is 0 Å². The predicted octanol–water partition coefficient (Wildman–Crippen LogP) is -0.213. The van der Waals surface area contributed by atoms with Crippen LogP contribution in [0.1, 0.15) is 0 Å². The Bertz CT molecular complexity index is 392. The highest BCUT2D eigenvalue weighted by Gasteiger charge is 2.54. The summed E-state index contributed by atoms with van der Waals surface area (Å²) in [6, 6.07) is 0. The molecule has 1 aliphatic rings. The fraction of sp³-hybridized carbons (Fsp3) is 1.00. The van der Waals surface area contributed by atoms with Gasteiger partial charge in [-0.3, -0.25) is 0 Å². The third-order valence-electron chi connectivity index (χ3n) is 2.33. The fourth-order valence-electron chi connectivity index (χ4n) is 1.75. The van der Waals surface area contributed by atoms with Gasteiger partial charge in [-0.15, -0.1) is 0 Å². The van der Waals surface area contributed by atoms with Crippen LogP contribution >= 0.6 is 0 Å². The highest BCUT2D eigenvalue weighted by molar-refractivity contribution is 6.87. The number of hydrogen-bond donors (Lipinski definition) is 0. The van der Waals surface area contributed by atoms with Crippen molar-refractivity contribution in [2.75, 3.05) is 0 Å². The summed E-state index contributed by atoms with van der Waals surface area (Å²) in [6.45, 7) is 19.0. The lowest BCUT2D eigenvalue weighted by molar-refractivity contribution is 0.117. The van der Waals surface area contributed by atoms with Crippen LogP contribution in [0.5, 0.6) is 0 Å². The van der Waals surface area contributed by atoms with Crippen molar-refractivity contribution in [3.63, 3.8) is 0 Å². The quantitative estimate of drug-likeness (QED) is 0.470. The molecule has 8 nitrogen and oxygen atoms in total. The van der Waals surface area contributed by atoms with E-state index in [2.05, 4.69) is 58.9 Å². The molecule has 150 valence electrons. The van der Waals surface area contributed by atoms with Gasteiger partial charge in [0.2, 0.25) is 0 Å². The van der Waals surface area contributed by atoms with E-state index < -0.39 is 73.5 Å². The van der Waals surface area contributed by atoms with E-state index in [1.165, 1.54) is 0 Å². The largest absolute Gasteiger partial charge is 0.641 e. The smallest absolute Gasteiger partial charge is 0.425 e. The number of hydrogen-bond acceptors (Lipinski definition) is 8. The summed E-state index contributed by atoms with van der Waals surface area (Å²) in [5, 5.41) is 0. The Hall–Kier alpha value is 1.42. The van der Waals surface area contributed by atoms with Crippen LogP contribution in [-0.2, 0) is 32.9 Å². The maximum Gasteiger partial charge on any atom is 0.641 e. The van der Waals surface area contributed by atoms with Crippen molar-refractivity contribution < 1.29 is 32.9 Å². The van der Waals surface area contributed by atoms with Crippen LogP contribution < -0.4 is 0 Å². The first kappa shape index (κ1) is 24.5. The molecular weight excluding hydrogens is 461 g/mol. The molecule has 1 atom stereocenters. The number of rotatable bonds is 6. The Kier molecular flexibility index (Phi) is 9.54. The molecular formula is C9H34O8Si8. The van der Waals surface area contributed by atoms with E-state index in [4.69, 9.17) is 32.9 Å². The van der Waals surface area contributed by atoms with Gasteiger partial charge in [0.15, 0.2) is 25.0 Å². The van der Waals surface area contributed by atoms with E-state index in [9.17, 15) is 0 Å². The van der Waals surface area contributed by atoms with Crippen molar-refractivity contribution in [1.29, 1.82) is 0 Å². The summed E-state index contributed by atoms with van der Waals surface area (Å²) in [4.78, 5) is 0. The maximum atomic E-state index is 6.40. The average Bonchev–Trinajstić information content (AvgIpc) is 2.30. The van der Waals surface area contributed by atoms with Gasteiger partial charge in [0.25, 0.3) is 30.0 Å². The molecule has 25 heavy (non-hydrogen) atoms. The van der Waals surface area contributed by atoms with Crippen molar-refractivity contribution in [3.05, 3.63) is 0 Å². The van der Waals surface area contributed by atoms with E-state index in [0.29, 0.717) is 0 Å². The van der Waals surface area contributed by atoms with E-state index in [1.54, 1.807) is 0 Å². The van der Waals surface area contributed by atoms with Crippen molar-refractivity contribution in [2.45, 2.75) is 58.9 Å². The van der Waals surface area contributed by atoms with Gasteiger partial charge in [-0.25, -0.2) is 0 Å². The van der Waals surface area contributed by atoms with Gasteiger partial charge in [-0.1, -0.05) is 0 Å². The second kappa shape index (κ2) is 9.75. The van der Waals surface area contributed by atoms with Crippen molar-refractivity contribution in [1.82, 2.24) is 0 Å². The molecule has 0 aromatic heterocycles. The Morgan fingerprint density at radius 2 is 1.24 bits per heavy atom. The van der Waals surface area contributed by atoms with E-state index in [-0.39, 0.29) is 0 Å². The zero-order chi connectivity index (χ0) is 19.4. The lowest BCUT2D eigenvalue weighted by atomic mass is 11.8. The van der Waals surface area contributed by atoms with Crippen LogP contribution in [0.15, 0.2) is 0 Å². The Morgan fingerprint density at radius 1 is 0.720 bits per heavy atom. The first-order chi connectivity index (χ1) is 11.2. The van der Waals surface area contributed by atoms with Crippen LogP contribution in [-0.4, -0.2) is 73.5 Å². The summed E-state index contributed by atoms with van der Waals surface area (Å²) in [5.41, 5.74) is 0. The zero-order valence-corrected chi connectivity index (χ0v) is 26.4. The molecule has 0 amide bonds. The van der Waals surface area contributed by atoms with Gasteiger partial charge in [0.05, 0.1) is 0 Å². The standard InChI is InChI=1S/C9H34O8Si8/c1-22(2,3)14-21-12-19-10-18-11-20-13-25(15-21,16-23(4,5)6)17-24(7,8)9/h21H,18-20H2,1-9H3. The van der Waals surface area contributed by atoms with Crippen LogP contribution in [0, 0.1) is 0 Å². The van der Waals surface area contributed by atoms with Gasteiger partial charge in [-0.2, -0.15) is 0 Å². The molecule has 0 aromatic carbocycles. The molecule has 1 saturated heterocycles. The second-order valence-electron chi connectivity index (χ2n) is 8.64. The minimum atomic E-state index is -3.37. The summed E-state index contributed by atoms with van der Waals surface area (Å²) >= 11 is 0. The minimum Gasteiger partial charge on any atom is -0.425 e. The lowest BCUT2D eigenvalue weighted by Gasteiger charge is -2.40. The molecule has 1 rings (SSSR count). The minimum absolute atomic E-state index is 1.05. The molecule has 0 aliphatic carbocycles. The van der Waals surface area contributed by atoms with E-state index in [1.807, 2.05) is 0 Å². The molecule has 0 saturated carbocycles. The van der Waals surface area contributed by atoms with Gasteiger partial charge in [0.1, 0.15) is 0 Å². The highest BCUT2D eigenvalue weighted by Crippen LogP contribution is 2.25. The lowest BCUT2D eigenvalue weighted by Crippen LogP contribution is -2.63. The van der Waals surface area contributed by atoms with Crippen molar-refractivity contribution >= 4 is 73.5 Å². The van der Waals surface area contributed by atoms with Gasteiger partial charge < -0.3 is 32.9 Å². The third kappa shape index (κ3) is 11.8. The average molecular weight is 495 g/mol. The molecule has 1 aliphatic heterocycles. The normalized spacial score (nSPS) is 27.0. The van der Waals surface area contributed by atoms with E-state index >= 15 is 0 Å². The molecule has 1 heterocycles. The highest BCUT2D eigenvalue weighted by atomic mass is 28.5. The van der Waals surface area contributed by atoms with Crippen LogP contribution in [0.25, 0.3) is 0 Å². The van der Waals surface area contributed by atoms with Crippen molar-refractivity contribution in [2.24, 2.45) is 0 Å². The van der Waals surface area contributed by atoms with Gasteiger partial charge >= 0.3 is 18.6 Å². The Balaban J connectivity index is 3.12. The molecule has 16 heteroatoms. The first-order valence-electron chi connectivity index (χ1n) is 8.37. The third-order valence-corrected chi connectivity index (χ3v) is 20.9. The topological polar surface area (TPSA) is 73.8 Å². The summed E-state index contributed by atoms with van der Waals surface area (Å²) in [6.07, 6.45) is 0. The van der Waals surface area contributed by atoms with Crippen LogP contribution in [0.2, 0.25) is 58.9 Å². The summed E-state index contributed by atoms with van der Waals surface area (Å²) < 4.78 is 48.6. The summed E-state index contributed by atoms with van der Waals surface area (Å²) in [7, 11) is -15.1. The molecule has 1 unspecified atom stereocenters. The predicted molar refractivity (Wildman–Crippen MR) is 117 cm³/mol. The Labute approximate surface area is 165 Å². The molecule has 0 N–H and O–H groups in total. The maximum absolute atomic E-state index is 6.40. The van der Waals surface area contributed by atoms with Crippen LogP contribution in [0.4, 0.5) is 0 Å². The van der Waals surface area contributed by atoms with Gasteiger partial charge in [-0.05, 0) is 58.9 Å². The second-order valence-corrected chi connectivity index (χ2v) is 32.9. The summed E-state index contributed by atoms with van der Waals surface area (Å²) in [5.74, 6) is 0. The van der Waals surface area contributed by atoms with Gasteiger partial charge in [0, 0.05) is 0 Å². The Morgan fingerprint density at radius 3 is 1.72 bits per heavy atom. The fourth-order valence-corrected chi connectivity index (χ4v) is 23.0. The zero-order valence-electron chi connectivity index (χ0n) is 17.0. The monoisotopic (exact) mass is 494 g/mol. The van der Waals surface area contributed by atoms with E-state index in [0.717, 1.165) is 0 Å². The molecule has 0 radical (unpaired) electrons. The first-order valence-corrected chi connectivity index (χ1v) is 25.1. The molecule has 1 fully saturated rings. The molecule has 0 spiro atoms.